The van der Waals surface area contributed by atoms with Crippen LogP contribution in [0.5, 0.6) is 0 Å². The Morgan fingerprint density at radius 2 is 2.25 bits per heavy atom. The van der Waals surface area contributed by atoms with E-state index in [0.29, 0.717) is 18.8 Å². The lowest BCUT2D eigenvalue weighted by Crippen LogP contribution is -2.30. The number of aliphatic hydroxyl groups is 1. The molecule has 5 nitrogen and oxygen atoms in total. The average molecular weight is 224 g/mol. The maximum absolute atomic E-state index is 11.5. The highest BCUT2D eigenvalue weighted by molar-refractivity contribution is 5.72. The molecule has 0 fully saturated rings. The number of fused-ring (bicyclic) bond motifs is 1. The van der Waals surface area contributed by atoms with Gasteiger partial charge in [-0.2, -0.15) is 0 Å². The number of esters is 1. The Bertz CT molecular complexity index is 425. The second-order valence-electron chi connectivity index (χ2n) is 4.22. The molecule has 0 spiro atoms. The van der Waals surface area contributed by atoms with E-state index in [0.717, 1.165) is 11.4 Å². The Morgan fingerprint density at radius 1 is 1.56 bits per heavy atom. The first kappa shape index (κ1) is 11.1. The molecule has 0 amide bonds. The molecule has 2 rings (SSSR count). The van der Waals surface area contributed by atoms with Gasteiger partial charge >= 0.3 is 5.97 Å². The summed E-state index contributed by atoms with van der Waals surface area (Å²) in [7, 11) is 1.37. The Labute approximate surface area is 94.1 Å². The van der Waals surface area contributed by atoms with Gasteiger partial charge in [-0.05, 0) is 20.3 Å². The molecule has 0 bridgehead atoms. The summed E-state index contributed by atoms with van der Waals surface area (Å²) < 4.78 is 6.62. The number of ether oxygens (including phenoxy) is 1. The Balaban J connectivity index is 2.34. The number of carbonyl (C=O) groups is 1. The fourth-order valence-electron chi connectivity index (χ4n) is 2.17. The van der Waals surface area contributed by atoms with Crippen LogP contribution >= 0.6 is 0 Å². The van der Waals surface area contributed by atoms with Crippen LogP contribution < -0.4 is 0 Å². The monoisotopic (exact) mass is 224 g/mol. The van der Waals surface area contributed by atoms with Gasteiger partial charge in [0.25, 0.3) is 0 Å². The van der Waals surface area contributed by atoms with Crippen molar-refractivity contribution in [2.75, 3.05) is 7.11 Å². The smallest absolute Gasteiger partial charge is 0.310 e. The third-order valence-electron chi connectivity index (χ3n) is 3.23. The number of aromatic nitrogens is 2. The number of hydrogen-bond acceptors (Lipinski definition) is 4. The highest BCUT2D eigenvalue weighted by Crippen LogP contribution is 2.30. The highest BCUT2D eigenvalue weighted by atomic mass is 16.5. The number of imidazole rings is 1. The molecule has 1 N–H and O–H groups in total. The quantitative estimate of drug-likeness (QED) is 0.714. The van der Waals surface area contributed by atoms with Gasteiger partial charge in [0.2, 0.25) is 0 Å². The first-order valence-electron chi connectivity index (χ1n) is 5.34. The molecule has 2 heterocycles. The minimum atomic E-state index is -0.676. The molecule has 0 aliphatic carbocycles. The molecule has 1 aromatic rings. The van der Waals surface area contributed by atoms with Crippen LogP contribution in [0.25, 0.3) is 0 Å². The zero-order valence-corrected chi connectivity index (χ0v) is 9.73. The maximum atomic E-state index is 11.5. The second kappa shape index (κ2) is 3.90. The largest absolute Gasteiger partial charge is 0.469 e. The number of aliphatic hydroxyl groups excluding tert-OH is 1. The molecule has 0 radical (unpaired) electrons. The lowest BCUT2D eigenvalue weighted by atomic mass is 9.97. The molecule has 1 aromatic heterocycles. The predicted octanol–water partition coefficient (Wildman–Crippen LogP) is 0.726. The van der Waals surface area contributed by atoms with E-state index in [9.17, 15) is 9.90 Å². The van der Waals surface area contributed by atoms with Crippen LogP contribution in [0, 0.1) is 19.8 Å². The number of carbonyl (C=O) groups excluding carboxylic acids is 1. The standard InChI is InChI=1S/C11H16N2O3/c1-6-7(2)13-5-8(11(15)16-3)4-9(14)10(13)12-6/h8-9,14H,4-5H2,1-3H3. The average Bonchev–Trinajstić information content (AvgIpc) is 2.56. The second-order valence-corrected chi connectivity index (χ2v) is 4.22. The molecule has 2 unspecified atom stereocenters. The van der Waals surface area contributed by atoms with Crippen molar-refractivity contribution in [3.05, 3.63) is 17.2 Å². The molecular formula is C11H16N2O3. The zero-order valence-electron chi connectivity index (χ0n) is 9.73. The Hall–Kier alpha value is -1.36. The van der Waals surface area contributed by atoms with Gasteiger partial charge in [-0.15, -0.1) is 0 Å². The summed E-state index contributed by atoms with van der Waals surface area (Å²) >= 11 is 0. The van der Waals surface area contributed by atoms with E-state index in [-0.39, 0.29) is 11.9 Å². The van der Waals surface area contributed by atoms with E-state index in [1.807, 2.05) is 18.4 Å². The SMILES string of the molecule is COC(=O)C1CC(O)c2nc(C)c(C)n2C1. The van der Waals surface area contributed by atoms with E-state index in [1.54, 1.807) is 0 Å². The van der Waals surface area contributed by atoms with Crippen molar-refractivity contribution in [2.24, 2.45) is 5.92 Å². The van der Waals surface area contributed by atoms with Crippen LogP contribution in [0.15, 0.2) is 0 Å². The minimum absolute atomic E-state index is 0.268. The Kier molecular flexibility index (Phi) is 2.71. The van der Waals surface area contributed by atoms with E-state index in [2.05, 4.69) is 4.98 Å². The van der Waals surface area contributed by atoms with Gasteiger partial charge in [-0.1, -0.05) is 0 Å². The number of hydrogen-bond donors (Lipinski definition) is 1. The van der Waals surface area contributed by atoms with Gasteiger partial charge in [0, 0.05) is 12.2 Å². The third-order valence-corrected chi connectivity index (χ3v) is 3.23. The summed E-state index contributed by atoms with van der Waals surface area (Å²) in [5, 5.41) is 9.92. The topological polar surface area (TPSA) is 64.3 Å². The van der Waals surface area contributed by atoms with Gasteiger partial charge in [-0.25, -0.2) is 4.98 Å². The first-order chi connectivity index (χ1) is 7.54. The summed E-state index contributed by atoms with van der Waals surface area (Å²) in [6.07, 6.45) is -0.284. The van der Waals surface area contributed by atoms with E-state index >= 15 is 0 Å². The highest BCUT2D eigenvalue weighted by Gasteiger charge is 2.33. The van der Waals surface area contributed by atoms with Gasteiger partial charge in [0.1, 0.15) is 11.9 Å². The first-order valence-corrected chi connectivity index (χ1v) is 5.34. The summed E-state index contributed by atoms with van der Waals surface area (Å²) in [4.78, 5) is 15.8. The molecule has 1 aliphatic rings. The maximum Gasteiger partial charge on any atom is 0.310 e. The van der Waals surface area contributed by atoms with Crippen LogP contribution in [-0.4, -0.2) is 27.7 Å². The van der Waals surface area contributed by atoms with Crippen molar-refractivity contribution < 1.29 is 14.6 Å². The molecule has 16 heavy (non-hydrogen) atoms. The number of aryl methyl sites for hydroxylation is 1. The van der Waals surface area contributed by atoms with Crippen LogP contribution in [0.3, 0.4) is 0 Å². The minimum Gasteiger partial charge on any atom is -0.469 e. The van der Waals surface area contributed by atoms with Gasteiger partial charge in [0.05, 0.1) is 18.7 Å². The lowest BCUT2D eigenvalue weighted by molar-refractivity contribution is -0.148. The fraction of sp³-hybridized carbons (Fsp3) is 0.636. The molecule has 1 aliphatic heterocycles. The van der Waals surface area contributed by atoms with Crippen LogP contribution in [0.4, 0.5) is 0 Å². The molecule has 2 atom stereocenters. The van der Waals surface area contributed by atoms with Crippen molar-refractivity contribution in [2.45, 2.75) is 32.9 Å². The molecular weight excluding hydrogens is 208 g/mol. The summed E-state index contributed by atoms with van der Waals surface area (Å²) in [5.74, 6) is 0.116. The van der Waals surface area contributed by atoms with Crippen molar-refractivity contribution in [1.29, 1.82) is 0 Å². The lowest BCUT2D eigenvalue weighted by Gasteiger charge is -2.26. The van der Waals surface area contributed by atoms with Crippen LogP contribution in [0.2, 0.25) is 0 Å². The molecule has 0 aromatic carbocycles. The number of methoxy groups -OCH3 is 1. The van der Waals surface area contributed by atoms with E-state index in [4.69, 9.17) is 4.74 Å². The van der Waals surface area contributed by atoms with Crippen molar-refractivity contribution in [3.63, 3.8) is 0 Å². The van der Waals surface area contributed by atoms with Crippen LogP contribution in [0.1, 0.15) is 29.7 Å². The van der Waals surface area contributed by atoms with Crippen LogP contribution in [-0.2, 0) is 16.1 Å². The van der Waals surface area contributed by atoms with Gasteiger partial charge in [-0.3, -0.25) is 4.79 Å². The van der Waals surface area contributed by atoms with Gasteiger partial charge in [0.15, 0.2) is 0 Å². The third kappa shape index (κ3) is 1.61. The molecule has 5 heteroatoms. The predicted molar refractivity (Wildman–Crippen MR) is 56.8 cm³/mol. The van der Waals surface area contributed by atoms with Crippen molar-refractivity contribution in [3.8, 4) is 0 Å². The van der Waals surface area contributed by atoms with Crippen molar-refractivity contribution >= 4 is 5.97 Å². The Morgan fingerprint density at radius 3 is 2.88 bits per heavy atom. The number of rotatable bonds is 1. The van der Waals surface area contributed by atoms with Crippen molar-refractivity contribution in [1.82, 2.24) is 9.55 Å². The number of nitrogens with zero attached hydrogens (tertiary/aromatic N) is 2. The molecule has 88 valence electrons. The fourth-order valence-corrected chi connectivity index (χ4v) is 2.17. The van der Waals surface area contributed by atoms with E-state index in [1.165, 1.54) is 7.11 Å². The molecule has 0 saturated carbocycles. The van der Waals surface area contributed by atoms with E-state index < -0.39 is 6.10 Å². The molecule has 0 saturated heterocycles. The summed E-state index contributed by atoms with van der Waals surface area (Å²) in [5.41, 5.74) is 1.90. The summed E-state index contributed by atoms with van der Waals surface area (Å²) in [6.45, 7) is 4.39. The normalized spacial score (nSPS) is 24.0. The zero-order chi connectivity index (χ0) is 11.9. The van der Waals surface area contributed by atoms with Gasteiger partial charge < -0.3 is 14.4 Å². The summed E-state index contributed by atoms with van der Waals surface area (Å²) in [6, 6.07) is 0.